The Labute approximate surface area is 107 Å². The highest BCUT2D eigenvalue weighted by Crippen LogP contribution is 2.29. The highest BCUT2D eigenvalue weighted by molar-refractivity contribution is 6.08. The van der Waals surface area contributed by atoms with Crippen molar-refractivity contribution in [3.05, 3.63) is 48.0 Å². The van der Waals surface area contributed by atoms with E-state index in [9.17, 15) is 0 Å². The van der Waals surface area contributed by atoms with Crippen molar-refractivity contribution in [2.75, 3.05) is 0 Å². The van der Waals surface area contributed by atoms with E-state index < -0.39 is 0 Å². The van der Waals surface area contributed by atoms with Gasteiger partial charge in [-0.15, -0.1) is 0 Å². The third-order valence-electron chi connectivity index (χ3n) is 3.40. The first-order valence-corrected chi connectivity index (χ1v) is 6.34. The van der Waals surface area contributed by atoms with Gasteiger partial charge in [0.25, 0.3) is 0 Å². The Bertz CT molecular complexity index is 756. The summed E-state index contributed by atoms with van der Waals surface area (Å²) in [6.45, 7) is 2.20. The minimum atomic E-state index is 1.11. The van der Waals surface area contributed by atoms with Gasteiger partial charge < -0.3 is 0 Å². The number of aromatic nitrogens is 1. The van der Waals surface area contributed by atoms with Crippen LogP contribution in [-0.4, -0.2) is 4.57 Å². The summed E-state index contributed by atoms with van der Waals surface area (Å²) >= 11 is 0. The highest BCUT2D eigenvalue weighted by atomic mass is 14.9. The molecule has 88 valence electrons. The third-order valence-corrected chi connectivity index (χ3v) is 3.40. The Morgan fingerprint density at radius 2 is 1.83 bits per heavy atom. The van der Waals surface area contributed by atoms with Crippen molar-refractivity contribution in [3.63, 3.8) is 0 Å². The lowest BCUT2D eigenvalue weighted by Gasteiger charge is -2.00. The summed E-state index contributed by atoms with van der Waals surface area (Å²) in [4.78, 5) is 0. The lowest BCUT2D eigenvalue weighted by molar-refractivity contribution is 0.923. The van der Waals surface area contributed by atoms with E-state index in [2.05, 4.69) is 49.4 Å². The third kappa shape index (κ3) is 1.50. The zero-order valence-corrected chi connectivity index (χ0v) is 10.5. The molecule has 3 rings (SSSR count). The Balaban J connectivity index is 2.42. The Hall–Kier alpha value is -2.20. The zero-order chi connectivity index (χ0) is 12.5. The molecule has 0 unspecified atom stereocenters. The van der Waals surface area contributed by atoms with E-state index >= 15 is 0 Å². The van der Waals surface area contributed by atoms with Gasteiger partial charge in [0.05, 0.1) is 11.0 Å². The van der Waals surface area contributed by atoms with Crippen LogP contribution in [0.1, 0.15) is 18.9 Å². The molecule has 1 heteroatoms. The van der Waals surface area contributed by atoms with E-state index in [1.807, 2.05) is 10.6 Å². The van der Waals surface area contributed by atoms with Crippen LogP contribution in [0.2, 0.25) is 0 Å². The molecule has 0 aliphatic rings. The summed E-state index contributed by atoms with van der Waals surface area (Å²) in [5.41, 5.74) is 3.62. The smallest absolute Gasteiger partial charge is 0.0625 e. The van der Waals surface area contributed by atoms with Gasteiger partial charge in [-0.1, -0.05) is 44.0 Å². The molecule has 0 N–H and O–H groups in total. The van der Waals surface area contributed by atoms with Crippen molar-refractivity contribution in [3.8, 4) is 12.5 Å². The van der Waals surface area contributed by atoms with Crippen LogP contribution in [-0.2, 0) is 6.42 Å². The first kappa shape index (κ1) is 10.9. The standard InChI is InChI=1S/C17H15N/c1-3-7-13-10-11-17-15(12-13)14-8-5-6-9-16(14)18(17)4-2/h2,5-6,8-12H,3,7H2,1H3. The normalized spacial score (nSPS) is 10.9. The predicted octanol–water partition coefficient (Wildman–Crippen LogP) is 4.19. The summed E-state index contributed by atoms with van der Waals surface area (Å²) in [7, 11) is 0. The number of aryl methyl sites for hydroxylation is 1. The van der Waals surface area contributed by atoms with Gasteiger partial charge >= 0.3 is 0 Å². The molecule has 1 aromatic heterocycles. The lowest BCUT2D eigenvalue weighted by atomic mass is 10.1. The van der Waals surface area contributed by atoms with Crippen LogP contribution in [0.3, 0.4) is 0 Å². The number of para-hydroxylation sites is 1. The van der Waals surface area contributed by atoms with Crippen molar-refractivity contribution in [2.24, 2.45) is 0 Å². The number of nitrogens with zero attached hydrogens (tertiary/aromatic N) is 1. The van der Waals surface area contributed by atoms with E-state index in [0.717, 1.165) is 17.5 Å². The zero-order valence-electron chi connectivity index (χ0n) is 10.5. The van der Waals surface area contributed by atoms with Crippen molar-refractivity contribution >= 4 is 21.8 Å². The van der Waals surface area contributed by atoms with Crippen LogP contribution >= 0.6 is 0 Å². The summed E-state index contributed by atoms with van der Waals surface area (Å²) < 4.78 is 1.93. The molecule has 0 aliphatic carbocycles. The second kappa shape index (κ2) is 4.23. The minimum Gasteiger partial charge on any atom is -0.269 e. The molecule has 0 spiro atoms. The first-order chi connectivity index (χ1) is 8.85. The van der Waals surface area contributed by atoms with Gasteiger partial charge in [0.1, 0.15) is 0 Å². The summed E-state index contributed by atoms with van der Waals surface area (Å²) in [5.74, 6) is 0. The molecule has 0 saturated carbocycles. The van der Waals surface area contributed by atoms with Gasteiger partial charge in [-0.25, -0.2) is 0 Å². The second-order valence-electron chi connectivity index (χ2n) is 4.58. The van der Waals surface area contributed by atoms with Crippen molar-refractivity contribution < 1.29 is 0 Å². The topological polar surface area (TPSA) is 4.93 Å². The molecule has 0 aliphatic heterocycles. The maximum absolute atomic E-state index is 5.64. The molecule has 0 bridgehead atoms. The molecule has 3 aromatic rings. The van der Waals surface area contributed by atoms with Crippen LogP contribution in [0.15, 0.2) is 42.5 Å². The van der Waals surface area contributed by atoms with Gasteiger partial charge in [0, 0.05) is 16.8 Å². The van der Waals surface area contributed by atoms with Gasteiger partial charge in [0.15, 0.2) is 0 Å². The van der Waals surface area contributed by atoms with Gasteiger partial charge in [-0.3, -0.25) is 4.57 Å². The number of terminal acetylenes is 1. The lowest BCUT2D eigenvalue weighted by Crippen LogP contribution is -1.87. The molecule has 0 fully saturated rings. The average molecular weight is 233 g/mol. The predicted molar refractivity (Wildman–Crippen MR) is 77.7 cm³/mol. The number of hydrogen-bond donors (Lipinski definition) is 0. The van der Waals surface area contributed by atoms with Crippen molar-refractivity contribution in [2.45, 2.75) is 19.8 Å². The second-order valence-corrected chi connectivity index (χ2v) is 4.58. The van der Waals surface area contributed by atoms with Crippen LogP contribution in [0.5, 0.6) is 0 Å². The van der Waals surface area contributed by atoms with E-state index in [-0.39, 0.29) is 0 Å². The first-order valence-electron chi connectivity index (χ1n) is 6.34. The van der Waals surface area contributed by atoms with E-state index in [1.54, 1.807) is 0 Å². The molecule has 0 radical (unpaired) electrons. The molecule has 0 saturated heterocycles. The summed E-state index contributed by atoms with van der Waals surface area (Å²) in [6.07, 6.45) is 7.92. The maximum Gasteiger partial charge on any atom is 0.0625 e. The van der Waals surface area contributed by atoms with E-state index in [4.69, 9.17) is 6.42 Å². The number of benzene rings is 2. The van der Waals surface area contributed by atoms with Gasteiger partial charge in [0.2, 0.25) is 0 Å². The largest absolute Gasteiger partial charge is 0.269 e. The van der Waals surface area contributed by atoms with Crippen LogP contribution in [0.4, 0.5) is 0 Å². The molecular formula is C17H15N. The van der Waals surface area contributed by atoms with Gasteiger partial charge in [-0.2, -0.15) is 0 Å². The number of fused-ring (bicyclic) bond motifs is 3. The van der Waals surface area contributed by atoms with E-state index in [0.29, 0.717) is 0 Å². The Morgan fingerprint density at radius 1 is 1.06 bits per heavy atom. The molecule has 1 nitrogen and oxygen atoms in total. The Morgan fingerprint density at radius 3 is 2.61 bits per heavy atom. The fourth-order valence-corrected chi connectivity index (χ4v) is 2.60. The van der Waals surface area contributed by atoms with Crippen molar-refractivity contribution in [1.29, 1.82) is 0 Å². The molecule has 18 heavy (non-hydrogen) atoms. The average Bonchev–Trinajstić information content (AvgIpc) is 2.72. The number of hydrogen-bond acceptors (Lipinski definition) is 0. The fourth-order valence-electron chi connectivity index (χ4n) is 2.60. The van der Waals surface area contributed by atoms with Crippen LogP contribution < -0.4 is 0 Å². The summed E-state index contributed by atoms with van der Waals surface area (Å²) in [6, 6.07) is 17.7. The molecule has 2 aromatic carbocycles. The SMILES string of the molecule is C#Cn1c2ccccc2c2cc(CCC)ccc21. The highest BCUT2D eigenvalue weighted by Gasteiger charge is 2.08. The molecular weight excluding hydrogens is 218 g/mol. The molecule has 0 amide bonds. The quantitative estimate of drug-likeness (QED) is 0.585. The van der Waals surface area contributed by atoms with Crippen molar-refractivity contribution in [1.82, 2.24) is 4.57 Å². The molecule has 1 heterocycles. The maximum atomic E-state index is 5.64. The monoisotopic (exact) mass is 233 g/mol. The minimum absolute atomic E-state index is 1.11. The molecule has 0 atom stereocenters. The Kier molecular flexibility index (Phi) is 2.57. The number of rotatable bonds is 2. The van der Waals surface area contributed by atoms with Crippen LogP contribution in [0.25, 0.3) is 21.8 Å². The van der Waals surface area contributed by atoms with E-state index in [1.165, 1.54) is 22.8 Å². The van der Waals surface area contributed by atoms with Gasteiger partial charge in [-0.05, 0) is 30.2 Å². The van der Waals surface area contributed by atoms with Crippen LogP contribution in [0, 0.1) is 12.5 Å². The summed E-state index contributed by atoms with van der Waals surface area (Å²) in [5, 5.41) is 2.50. The fraction of sp³-hybridized carbons (Fsp3) is 0.176.